The largest absolute Gasteiger partial charge is 0.325 e. The first-order chi connectivity index (χ1) is 8.03. The van der Waals surface area contributed by atoms with Crippen molar-refractivity contribution < 1.29 is 9.59 Å². The van der Waals surface area contributed by atoms with Crippen molar-refractivity contribution in [3.8, 4) is 0 Å². The number of pyridine rings is 1. The Bertz CT molecular complexity index is 440. The smallest absolute Gasteiger partial charge is 0.273 e. The minimum Gasteiger partial charge on any atom is -0.325 e. The molecule has 17 heavy (non-hydrogen) atoms. The maximum absolute atomic E-state index is 12.3. The van der Waals surface area contributed by atoms with Crippen molar-refractivity contribution >= 4 is 11.7 Å². The third kappa shape index (κ3) is 2.07. The minimum atomic E-state index is -0.715. The molecule has 1 aromatic rings. The van der Waals surface area contributed by atoms with Gasteiger partial charge in [0.05, 0.1) is 5.54 Å². The number of nitrogens with zero attached hydrogens (tertiary/aromatic N) is 2. The molecule has 0 aliphatic carbocycles. The van der Waals surface area contributed by atoms with E-state index >= 15 is 0 Å². The first-order valence-electron chi connectivity index (χ1n) is 5.80. The number of ketones is 1. The van der Waals surface area contributed by atoms with Gasteiger partial charge in [-0.3, -0.25) is 14.6 Å². The number of carbonyl (C=O) groups excluding carboxylic acids is 2. The van der Waals surface area contributed by atoms with Crippen LogP contribution >= 0.6 is 0 Å². The van der Waals surface area contributed by atoms with Crippen LogP contribution < -0.4 is 0 Å². The highest BCUT2D eigenvalue weighted by Gasteiger charge is 2.40. The number of hydrogen-bond acceptors (Lipinski definition) is 3. The van der Waals surface area contributed by atoms with Crippen molar-refractivity contribution in [1.29, 1.82) is 0 Å². The molecule has 0 radical (unpaired) electrons. The molecular weight excluding hydrogens is 216 g/mol. The first-order valence-corrected chi connectivity index (χ1v) is 5.80. The summed E-state index contributed by atoms with van der Waals surface area (Å²) in [6.45, 7) is 4.22. The Kier molecular flexibility index (Phi) is 2.96. The zero-order chi connectivity index (χ0) is 12.5. The second-order valence-corrected chi connectivity index (χ2v) is 4.76. The van der Waals surface area contributed by atoms with Crippen LogP contribution in [0.2, 0.25) is 0 Å². The molecule has 0 atom stereocenters. The highest BCUT2D eigenvalue weighted by molar-refractivity contribution is 5.99. The van der Waals surface area contributed by atoms with E-state index < -0.39 is 5.54 Å². The highest BCUT2D eigenvalue weighted by atomic mass is 16.2. The minimum absolute atomic E-state index is 0.119. The summed E-state index contributed by atoms with van der Waals surface area (Å²) in [4.78, 5) is 29.8. The molecule has 0 saturated carbocycles. The Hall–Kier alpha value is -1.71. The lowest BCUT2D eigenvalue weighted by molar-refractivity contribution is -0.130. The summed E-state index contributed by atoms with van der Waals surface area (Å²) in [7, 11) is 0. The highest BCUT2D eigenvalue weighted by Crippen LogP contribution is 2.25. The fraction of sp³-hybridized carbons (Fsp3) is 0.462. The normalized spacial score (nSPS) is 19.2. The van der Waals surface area contributed by atoms with E-state index in [0.717, 1.165) is 6.42 Å². The van der Waals surface area contributed by atoms with Gasteiger partial charge in [0, 0.05) is 19.2 Å². The van der Waals surface area contributed by atoms with E-state index in [2.05, 4.69) is 4.98 Å². The number of piperidine rings is 1. The molecule has 0 spiro atoms. The van der Waals surface area contributed by atoms with E-state index in [4.69, 9.17) is 0 Å². The van der Waals surface area contributed by atoms with E-state index in [0.29, 0.717) is 18.7 Å². The van der Waals surface area contributed by atoms with Crippen molar-refractivity contribution in [2.24, 2.45) is 0 Å². The molecule has 4 nitrogen and oxygen atoms in total. The number of carbonyl (C=O) groups is 2. The topological polar surface area (TPSA) is 50.3 Å². The number of amides is 1. The van der Waals surface area contributed by atoms with Gasteiger partial charge in [-0.15, -0.1) is 0 Å². The second kappa shape index (κ2) is 4.28. The van der Waals surface area contributed by atoms with Gasteiger partial charge in [-0.2, -0.15) is 0 Å². The van der Waals surface area contributed by atoms with Gasteiger partial charge in [0.15, 0.2) is 5.78 Å². The first kappa shape index (κ1) is 11.8. The zero-order valence-corrected chi connectivity index (χ0v) is 10.1. The van der Waals surface area contributed by atoms with Crippen LogP contribution in [0.3, 0.4) is 0 Å². The summed E-state index contributed by atoms with van der Waals surface area (Å²) < 4.78 is 0. The molecule has 0 N–H and O–H groups in total. The van der Waals surface area contributed by atoms with Crippen LogP contribution in [0.25, 0.3) is 0 Å². The van der Waals surface area contributed by atoms with Gasteiger partial charge in [0.2, 0.25) is 0 Å². The van der Waals surface area contributed by atoms with Gasteiger partial charge in [0.1, 0.15) is 5.69 Å². The number of hydrogen-bond donors (Lipinski definition) is 0. The molecule has 1 fully saturated rings. The Balaban J connectivity index is 2.28. The van der Waals surface area contributed by atoms with Gasteiger partial charge < -0.3 is 4.90 Å². The molecule has 0 aromatic carbocycles. The van der Waals surface area contributed by atoms with Crippen LogP contribution in [0.4, 0.5) is 0 Å². The molecule has 0 bridgehead atoms. The van der Waals surface area contributed by atoms with Gasteiger partial charge in [-0.05, 0) is 32.4 Å². The summed E-state index contributed by atoms with van der Waals surface area (Å²) in [5, 5.41) is 0. The Morgan fingerprint density at radius 1 is 1.41 bits per heavy atom. The van der Waals surface area contributed by atoms with Gasteiger partial charge in [-0.1, -0.05) is 6.07 Å². The zero-order valence-electron chi connectivity index (χ0n) is 10.1. The maximum atomic E-state index is 12.3. The Labute approximate surface area is 101 Å². The summed E-state index contributed by atoms with van der Waals surface area (Å²) >= 11 is 0. The Morgan fingerprint density at radius 2 is 2.18 bits per heavy atom. The molecule has 2 rings (SSSR count). The summed E-state index contributed by atoms with van der Waals surface area (Å²) in [5.74, 6) is -0.0447. The lowest BCUT2D eigenvalue weighted by atomic mass is 9.88. The number of Topliss-reactive ketones (excluding diaryl/α,β-unsaturated/α-hetero) is 1. The van der Waals surface area contributed by atoms with Gasteiger partial charge >= 0.3 is 0 Å². The van der Waals surface area contributed by atoms with E-state index in [9.17, 15) is 9.59 Å². The van der Waals surface area contributed by atoms with E-state index in [1.54, 1.807) is 43.1 Å². The number of likely N-dealkylation sites (tertiary alicyclic amines) is 1. The van der Waals surface area contributed by atoms with Crippen molar-refractivity contribution in [2.75, 3.05) is 6.54 Å². The molecule has 1 amide bonds. The van der Waals surface area contributed by atoms with Crippen molar-refractivity contribution in [3.05, 3.63) is 30.1 Å². The molecular formula is C13H16N2O2. The molecule has 4 heteroatoms. The second-order valence-electron chi connectivity index (χ2n) is 4.76. The quantitative estimate of drug-likeness (QED) is 0.740. The molecule has 2 heterocycles. The summed E-state index contributed by atoms with van der Waals surface area (Å²) in [6.07, 6.45) is 2.88. The predicted molar refractivity (Wildman–Crippen MR) is 63.6 cm³/mol. The van der Waals surface area contributed by atoms with Crippen LogP contribution in [-0.4, -0.2) is 33.7 Å². The maximum Gasteiger partial charge on any atom is 0.273 e. The lowest BCUT2D eigenvalue weighted by Crippen LogP contribution is -2.56. The van der Waals surface area contributed by atoms with Crippen LogP contribution in [0.5, 0.6) is 0 Å². The van der Waals surface area contributed by atoms with E-state index in [1.165, 1.54) is 0 Å². The number of rotatable bonds is 1. The molecule has 1 aliphatic rings. The summed E-state index contributed by atoms with van der Waals surface area (Å²) in [6, 6.07) is 5.22. The van der Waals surface area contributed by atoms with Crippen LogP contribution in [-0.2, 0) is 4.79 Å². The molecule has 1 aliphatic heterocycles. The third-order valence-electron chi connectivity index (χ3n) is 3.27. The van der Waals surface area contributed by atoms with Crippen molar-refractivity contribution in [1.82, 2.24) is 9.88 Å². The van der Waals surface area contributed by atoms with Gasteiger partial charge in [-0.25, -0.2) is 0 Å². The van der Waals surface area contributed by atoms with Crippen LogP contribution in [0, 0.1) is 0 Å². The predicted octanol–water partition coefficient (Wildman–Crippen LogP) is 1.67. The molecule has 1 saturated heterocycles. The van der Waals surface area contributed by atoms with Crippen LogP contribution in [0.1, 0.15) is 37.2 Å². The standard InChI is InChI=1S/C13H16N2O2/c1-13(2)11(16)7-5-9-15(13)12(17)10-6-3-4-8-14-10/h3-4,6,8H,5,7,9H2,1-2H3. The Morgan fingerprint density at radius 3 is 2.82 bits per heavy atom. The van der Waals surface area contributed by atoms with Crippen molar-refractivity contribution in [3.63, 3.8) is 0 Å². The van der Waals surface area contributed by atoms with E-state index in [1.807, 2.05) is 0 Å². The summed E-state index contributed by atoms with van der Waals surface area (Å²) in [5.41, 5.74) is -0.317. The molecule has 0 unspecified atom stereocenters. The average Bonchev–Trinajstić information content (AvgIpc) is 2.33. The third-order valence-corrected chi connectivity index (χ3v) is 3.27. The fourth-order valence-corrected chi connectivity index (χ4v) is 2.12. The average molecular weight is 232 g/mol. The lowest BCUT2D eigenvalue weighted by Gasteiger charge is -2.40. The fourth-order valence-electron chi connectivity index (χ4n) is 2.12. The molecule has 90 valence electrons. The molecule has 1 aromatic heterocycles. The van der Waals surface area contributed by atoms with Crippen molar-refractivity contribution in [2.45, 2.75) is 32.2 Å². The van der Waals surface area contributed by atoms with Gasteiger partial charge in [0.25, 0.3) is 5.91 Å². The van der Waals surface area contributed by atoms with Crippen LogP contribution in [0.15, 0.2) is 24.4 Å². The van der Waals surface area contributed by atoms with E-state index in [-0.39, 0.29) is 11.7 Å². The number of aromatic nitrogens is 1. The SMILES string of the molecule is CC1(C)C(=O)CCCN1C(=O)c1ccccn1. The monoisotopic (exact) mass is 232 g/mol.